The van der Waals surface area contributed by atoms with Gasteiger partial charge in [-0.1, -0.05) is 30.0 Å². The lowest BCUT2D eigenvalue weighted by molar-refractivity contribution is -0.136. The maximum absolute atomic E-state index is 10.8. The van der Waals surface area contributed by atoms with E-state index in [0.717, 1.165) is 30.7 Å². The molecule has 0 radical (unpaired) electrons. The van der Waals surface area contributed by atoms with E-state index >= 15 is 0 Å². The molecule has 0 aliphatic carbocycles. The Bertz CT molecular complexity index is 809. The van der Waals surface area contributed by atoms with Gasteiger partial charge < -0.3 is 5.11 Å². The van der Waals surface area contributed by atoms with Crippen LogP contribution in [0, 0.1) is 6.92 Å². The Kier molecular flexibility index (Phi) is 3.90. The molecule has 3 rings (SSSR count). The van der Waals surface area contributed by atoms with Crippen molar-refractivity contribution in [3.05, 3.63) is 47.1 Å². The second kappa shape index (κ2) is 5.83. The van der Waals surface area contributed by atoms with Crippen LogP contribution in [-0.4, -0.2) is 21.0 Å². The number of hydrogen-bond acceptors (Lipinski definition) is 5. The summed E-state index contributed by atoms with van der Waals surface area (Å²) in [5, 5.41) is 9.98. The summed E-state index contributed by atoms with van der Waals surface area (Å²) in [7, 11) is 0. The van der Waals surface area contributed by atoms with Crippen molar-refractivity contribution in [2.45, 2.75) is 22.6 Å². The van der Waals surface area contributed by atoms with Crippen molar-refractivity contribution in [2.75, 3.05) is 0 Å². The van der Waals surface area contributed by atoms with E-state index in [-0.39, 0.29) is 6.42 Å². The van der Waals surface area contributed by atoms with Crippen LogP contribution in [-0.2, 0) is 11.2 Å². The number of thiazole rings is 1. The predicted molar refractivity (Wildman–Crippen MR) is 84.1 cm³/mol. The van der Waals surface area contributed by atoms with E-state index in [2.05, 4.69) is 9.97 Å². The van der Waals surface area contributed by atoms with Crippen molar-refractivity contribution in [3.63, 3.8) is 0 Å². The van der Waals surface area contributed by atoms with E-state index < -0.39 is 5.97 Å². The van der Waals surface area contributed by atoms with Gasteiger partial charge in [-0.3, -0.25) is 9.78 Å². The molecule has 0 atom stereocenters. The molecule has 21 heavy (non-hydrogen) atoms. The van der Waals surface area contributed by atoms with Gasteiger partial charge in [0, 0.05) is 21.4 Å². The van der Waals surface area contributed by atoms with E-state index in [1.54, 1.807) is 18.0 Å². The first-order valence-electron chi connectivity index (χ1n) is 6.33. The highest BCUT2D eigenvalue weighted by Gasteiger charge is 2.13. The monoisotopic (exact) mass is 316 g/mol. The summed E-state index contributed by atoms with van der Waals surface area (Å²) in [5.41, 5.74) is 1.74. The molecular formula is C15H12N2O2S2. The Hall–Kier alpha value is -1.92. The van der Waals surface area contributed by atoms with Crippen LogP contribution in [0.25, 0.3) is 10.9 Å². The van der Waals surface area contributed by atoms with Gasteiger partial charge in [0.05, 0.1) is 17.6 Å². The summed E-state index contributed by atoms with van der Waals surface area (Å²) in [5.74, 6) is -0.826. The van der Waals surface area contributed by atoms with Gasteiger partial charge >= 0.3 is 5.97 Å². The molecule has 0 saturated heterocycles. The molecule has 106 valence electrons. The number of aromatic nitrogens is 2. The molecule has 0 aliphatic rings. The average Bonchev–Trinajstić information content (AvgIpc) is 2.78. The van der Waals surface area contributed by atoms with Gasteiger partial charge in [-0.05, 0) is 19.1 Å². The number of aliphatic carboxylic acids is 1. The van der Waals surface area contributed by atoms with Crippen LogP contribution in [0.3, 0.4) is 0 Å². The lowest BCUT2D eigenvalue weighted by Crippen LogP contribution is -1.99. The Labute approximate surface area is 129 Å². The molecule has 4 nitrogen and oxygen atoms in total. The van der Waals surface area contributed by atoms with Crippen molar-refractivity contribution in [1.82, 2.24) is 9.97 Å². The molecule has 1 aromatic carbocycles. The quantitative estimate of drug-likeness (QED) is 0.793. The number of para-hydroxylation sites is 1. The van der Waals surface area contributed by atoms with Crippen molar-refractivity contribution >= 4 is 40.0 Å². The van der Waals surface area contributed by atoms with E-state index in [1.165, 1.54) is 11.3 Å². The van der Waals surface area contributed by atoms with E-state index in [9.17, 15) is 4.79 Å². The van der Waals surface area contributed by atoms with Gasteiger partial charge in [0.2, 0.25) is 0 Å². The number of carboxylic acids is 1. The molecular weight excluding hydrogens is 304 g/mol. The molecule has 2 heterocycles. The molecule has 0 fully saturated rings. The van der Waals surface area contributed by atoms with Crippen molar-refractivity contribution in [2.24, 2.45) is 0 Å². The fourth-order valence-electron chi connectivity index (χ4n) is 2.00. The van der Waals surface area contributed by atoms with E-state index in [4.69, 9.17) is 5.11 Å². The summed E-state index contributed by atoms with van der Waals surface area (Å²) < 4.78 is 0.861. The number of carboxylic acid groups (broad SMARTS) is 1. The molecule has 1 N–H and O–H groups in total. The minimum absolute atomic E-state index is 0.0289. The average molecular weight is 316 g/mol. The zero-order valence-electron chi connectivity index (χ0n) is 11.2. The maximum atomic E-state index is 10.8. The molecule has 0 spiro atoms. The van der Waals surface area contributed by atoms with Crippen molar-refractivity contribution < 1.29 is 9.90 Å². The third kappa shape index (κ3) is 3.06. The van der Waals surface area contributed by atoms with Crippen LogP contribution in [0.5, 0.6) is 0 Å². The maximum Gasteiger partial charge on any atom is 0.308 e. The molecule has 0 aliphatic heterocycles. The first-order valence-corrected chi connectivity index (χ1v) is 7.96. The fourth-order valence-corrected chi connectivity index (χ4v) is 4.30. The molecule has 6 heteroatoms. The largest absolute Gasteiger partial charge is 0.481 e. The Morgan fingerprint density at radius 3 is 2.95 bits per heavy atom. The summed E-state index contributed by atoms with van der Waals surface area (Å²) in [6, 6.07) is 9.91. The lowest BCUT2D eigenvalue weighted by atomic mass is 10.2. The van der Waals surface area contributed by atoms with Crippen LogP contribution in [0.4, 0.5) is 0 Å². The van der Waals surface area contributed by atoms with Gasteiger partial charge in [-0.15, -0.1) is 11.3 Å². The number of aryl methyl sites for hydroxylation is 1. The Morgan fingerprint density at radius 1 is 1.33 bits per heavy atom. The van der Waals surface area contributed by atoms with E-state index in [1.807, 2.05) is 37.3 Å². The topological polar surface area (TPSA) is 63.1 Å². The van der Waals surface area contributed by atoms with Crippen LogP contribution >= 0.6 is 23.1 Å². The lowest BCUT2D eigenvalue weighted by Gasteiger charge is -2.02. The molecule has 3 aromatic rings. The molecule has 0 bridgehead atoms. The second-order valence-electron chi connectivity index (χ2n) is 4.49. The Balaban J connectivity index is 1.94. The highest BCUT2D eigenvalue weighted by molar-refractivity contribution is 8.01. The molecule has 0 unspecified atom stereocenters. The third-order valence-corrected chi connectivity index (χ3v) is 5.29. The van der Waals surface area contributed by atoms with Crippen LogP contribution in [0.2, 0.25) is 0 Å². The van der Waals surface area contributed by atoms with Crippen LogP contribution in [0.15, 0.2) is 45.8 Å². The number of benzene rings is 1. The summed E-state index contributed by atoms with van der Waals surface area (Å²) in [6.45, 7) is 1.85. The second-order valence-corrected chi connectivity index (χ2v) is 6.86. The van der Waals surface area contributed by atoms with Gasteiger partial charge in [0.15, 0.2) is 4.34 Å². The molecule has 2 aromatic heterocycles. The number of carbonyl (C=O) groups is 1. The standard InChI is InChI=1S/C15H12N2O2S2/c1-9-13(8-14(18)19)21-15(17-9)20-12-6-7-16-11-5-3-2-4-10(11)12/h2-7H,8H2,1H3,(H,18,19). The van der Waals surface area contributed by atoms with Gasteiger partial charge in [0.25, 0.3) is 0 Å². The molecule has 0 saturated carbocycles. The van der Waals surface area contributed by atoms with Gasteiger partial charge in [0.1, 0.15) is 0 Å². The molecule has 0 amide bonds. The normalized spacial score (nSPS) is 10.9. The third-order valence-electron chi connectivity index (χ3n) is 2.99. The SMILES string of the molecule is Cc1nc(Sc2ccnc3ccccc23)sc1CC(=O)O. The first kappa shape index (κ1) is 14.0. The predicted octanol–water partition coefficient (Wildman–Crippen LogP) is 3.78. The zero-order chi connectivity index (χ0) is 14.8. The van der Waals surface area contributed by atoms with Crippen molar-refractivity contribution in [3.8, 4) is 0 Å². The highest BCUT2D eigenvalue weighted by Crippen LogP contribution is 2.36. The number of hydrogen-bond donors (Lipinski definition) is 1. The zero-order valence-corrected chi connectivity index (χ0v) is 12.9. The van der Waals surface area contributed by atoms with Crippen LogP contribution in [0.1, 0.15) is 10.6 Å². The number of pyridine rings is 1. The fraction of sp³-hybridized carbons (Fsp3) is 0.133. The van der Waals surface area contributed by atoms with Crippen LogP contribution < -0.4 is 0 Å². The van der Waals surface area contributed by atoms with Crippen molar-refractivity contribution in [1.29, 1.82) is 0 Å². The summed E-state index contributed by atoms with van der Waals surface area (Å²) in [4.78, 5) is 21.5. The number of fused-ring (bicyclic) bond motifs is 1. The summed E-state index contributed by atoms with van der Waals surface area (Å²) >= 11 is 3.00. The van der Waals surface area contributed by atoms with E-state index in [0.29, 0.717) is 0 Å². The minimum atomic E-state index is -0.826. The first-order chi connectivity index (χ1) is 10.1. The Morgan fingerprint density at radius 2 is 2.14 bits per heavy atom. The minimum Gasteiger partial charge on any atom is -0.481 e. The number of nitrogens with zero attached hydrogens (tertiary/aromatic N) is 2. The number of rotatable bonds is 4. The van der Waals surface area contributed by atoms with Gasteiger partial charge in [-0.25, -0.2) is 4.98 Å². The van der Waals surface area contributed by atoms with Gasteiger partial charge in [-0.2, -0.15) is 0 Å². The smallest absolute Gasteiger partial charge is 0.308 e. The highest BCUT2D eigenvalue weighted by atomic mass is 32.2. The summed E-state index contributed by atoms with van der Waals surface area (Å²) in [6.07, 6.45) is 1.81.